The molecule has 2 heterocycles. The van der Waals surface area contributed by atoms with Gasteiger partial charge in [-0.05, 0) is 12.1 Å². The van der Waals surface area contributed by atoms with Gasteiger partial charge in [0.2, 0.25) is 5.89 Å². The summed E-state index contributed by atoms with van der Waals surface area (Å²) in [6.07, 6.45) is 2.58. The van der Waals surface area contributed by atoms with Gasteiger partial charge in [0.25, 0.3) is 0 Å². The van der Waals surface area contributed by atoms with Crippen molar-refractivity contribution in [1.82, 2.24) is 19.7 Å². The molecule has 0 fully saturated rings. The Kier molecular flexibility index (Phi) is 2.36. The number of nitrogens with zero attached hydrogens (tertiary/aromatic N) is 4. The minimum absolute atomic E-state index is 0.563. The molecule has 5 nitrogen and oxygen atoms in total. The Morgan fingerprint density at radius 2 is 2.18 bits per heavy atom. The minimum Gasteiger partial charge on any atom is -0.337 e. The maximum absolute atomic E-state index is 5.17. The lowest BCUT2D eigenvalue weighted by molar-refractivity contribution is 0.367. The van der Waals surface area contributed by atoms with Crippen LogP contribution in [0.15, 0.2) is 35.1 Å². The van der Waals surface area contributed by atoms with E-state index in [1.807, 2.05) is 35.8 Å². The highest BCUT2D eigenvalue weighted by Crippen LogP contribution is 2.13. The van der Waals surface area contributed by atoms with E-state index in [0.717, 1.165) is 23.3 Å². The van der Waals surface area contributed by atoms with Crippen molar-refractivity contribution in [2.45, 2.75) is 19.9 Å². The Morgan fingerprint density at radius 1 is 1.29 bits per heavy atom. The summed E-state index contributed by atoms with van der Waals surface area (Å²) in [4.78, 5) is 8.60. The molecule has 0 atom stereocenters. The molecule has 5 heteroatoms. The second kappa shape index (κ2) is 4.01. The summed E-state index contributed by atoms with van der Waals surface area (Å²) in [5.41, 5.74) is 2.05. The van der Waals surface area contributed by atoms with Gasteiger partial charge in [-0.1, -0.05) is 24.2 Å². The van der Waals surface area contributed by atoms with E-state index in [1.54, 1.807) is 6.33 Å². The maximum Gasteiger partial charge on any atom is 0.246 e. The van der Waals surface area contributed by atoms with Gasteiger partial charge in [0.15, 0.2) is 5.82 Å². The zero-order chi connectivity index (χ0) is 11.7. The standard InChI is InChI=1S/C12H12N4O/c1-2-11-14-12(17-15-11)7-16-8-13-9-5-3-4-6-10(9)16/h3-6,8H,2,7H2,1H3. The molecule has 86 valence electrons. The Balaban J connectivity index is 1.94. The summed E-state index contributed by atoms with van der Waals surface area (Å²) >= 11 is 0. The number of aryl methyl sites for hydroxylation is 1. The van der Waals surface area contributed by atoms with E-state index in [4.69, 9.17) is 4.52 Å². The predicted molar refractivity (Wildman–Crippen MR) is 62.5 cm³/mol. The first-order valence-corrected chi connectivity index (χ1v) is 5.58. The molecule has 3 rings (SSSR count). The van der Waals surface area contributed by atoms with Crippen LogP contribution in [0.4, 0.5) is 0 Å². The minimum atomic E-state index is 0.563. The zero-order valence-electron chi connectivity index (χ0n) is 9.50. The molecule has 3 aromatic rings. The van der Waals surface area contributed by atoms with Crippen molar-refractivity contribution in [2.24, 2.45) is 0 Å². The average molecular weight is 228 g/mol. The third kappa shape index (κ3) is 1.80. The van der Waals surface area contributed by atoms with Gasteiger partial charge in [-0.2, -0.15) is 4.98 Å². The highest BCUT2D eigenvalue weighted by molar-refractivity contribution is 5.74. The van der Waals surface area contributed by atoms with E-state index in [1.165, 1.54) is 0 Å². The lowest BCUT2D eigenvalue weighted by Crippen LogP contribution is -1.98. The van der Waals surface area contributed by atoms with Crippen molar-refractivity contribution in [3.05, 3.63) is 42.3 Å². The van der Waals surface area contributed by atoms with Crippen LogP contribution in [0.3, 0.4) is 0 Å². The molecule has 0 amide bonds. The van der Waals surface area contributed by atoms with Gasteiger partial charge in [-0.3, -0.25) is 0 Å². The molecular formula is C12H12N4O. The first kappa shape index (κ1) is 10.0. The third-order valence-corrected chi connectivity index (χ3v) is 2.66. The Bertz CT molecular complexity index is 641. The molecule has 0 spiro atoms. The molecule has 17 heavy (non-hydrogen) atoms. The number of aromatic nitrogens is 4. The van der Waals surface area contributed by atoms with Crippen molar-refractivity contribution in [1.29, 1.82) is 0 Å². The van der Waals surface area contributed by atoms with Crippen LogP contribution in [0.2, 0.25) is 0 Å². The quantitative estimate of drug-likeness (QED) is 0.688. The SMILES string of the molecule is CCc1noc(Cn2cnc3ccccc32)n1. The third-order valence-electron chi connectivity index (χ3n) is 2.66. The lowest BCUT2D eigenvalue weighted by Gasteiger charge is -1.98. The molecular weight excluding hydrogens is 216 g/mol. The van der Waals surface area contributed by atoms with Gasteiger partial charge in [-0.15, -0.1) is 0 Å². The number of hydrogen-bond acceptors (Lipinski definition) is 4. The summed E-state index contributed by atoms with van der Waals surface area (Å²) in [6.45, 7) is 2.56. The summed E-state index contributed by atoms with van der Waals surface area (Å²) in [5, 5.41) is 3.88. The number of rotatable bonds is 3. The number of imidazole rings is 1. The van der Waals surface area contributed by atoms with Crippen LogP contribution in [-0.4, -0.2) is 19.7 Å². The molecule has 0 aliphatic rings. The molecule has 0 bridgehead atoms. The van der Waals surface area contributed by atoms with Gasteiger partial charge >= 0.3 is 0 Å². The van der Waals surface area contributed by atoms with Crippen LogP contribution in [0, 0.1) is 0 Å². The normalized spacial score (nSPS) is 11.1. The van der Waals surface area contributed by atoms with E-state index in [9.17, 15) is 0 Å². The fourth-order valence-corrected chi connectivity index (χ4v) is 1.78. The number of hydrogen-bond donors (Lipinski definition) is 0. The van der Waals surface area contributed by atoms with Crippen molar-refractivity contribution in [3.63, 3.8) is 0 Å². The van der Waals surface area contributed by atoms with Crippen LogP contribution in [0.25, 0.3) is 11.0 Å². The fourth-order valence-electron chi connectivity index (χ4n) is 1.78. The molecule has 0 unspecified atom stereocenters. The van der Waals surface area contributed by atoms with Crippen molar-refractivity contribution >= 4 is 11.0 Å². The summed E-state index contributed by atoms with van der Waals surface area (Å²) < 4.78 is 7.17. The highest BCUT2D eigenvalue weighted by atomic mass is 16.5. The van der Waals surface area contributed by atoms with E-state index in [-0.39, 0.29) is 0 Å². The molecule has 2 aromatic heterocycles. The zero-order valence-corrected chi connectivity index (χ0v) is 9.50. The molecule has 1 aromatic carbocycles. The van der Waals surface area contributed by atoms with Crippen LogP contribution >= 0.6 is 0 Å². The lowest BCUT2D eigenvalue weighted by atomic mass is 10.3. The van der Waals surface area contributed by atoms with E-state index in [2.05, 4.69) is 15.1 Å². The Labute approximate surface area is 98.1 Å². The average Bonchev–Trinajstić information content (AvgIpc) is 2.97. The molecule has 0 aliphatic carbocycles. The van der Waals surface area contributed by atoms with Gasteiger partial charge < -0.3 is 9.09 Å². The first-order valence-electron chi connectivity index (χ1n) is 5.58. The summed E-state index contributed by atoms with van der Waals surface area (Å²) in [6, 6.07) is 7.98. The largest absolute Gasteiger partial charge is 0.337 e. The summed E-state index contributed by atoms with van der Waals surface area (Å²) in [7, 11) is 0. The molecule has 0 radical (unpaired) electrons. The topological polar surface area (TPSA) is 56.7 Å². The Hall–Kier alpha value is -2.17. The molecule has 0 saturated heterocycles. The second-order valence-electron chi connectivity index (χ2n) is 3.82. The monoisotopic (exact) mass is 228 g/mol. The maximum atomic E-state index is 5.17. The molecule has 0 aliphatic heterocycles. The smallest absolute Gasteiger partial charge is 0.246 e. The van der Waals surface area contributed by atoms with E-state index in [0.29, 0.717) is 12.4 Å². The van der Waals surface area contributed by atoms with E-state index < -0.39 is 0 Å². The van der Waals surface area contributed by atoms with E-state index >= 15 is 0 Å². The number of fused-ring (bicyclic) bond motifs is 1. The summed E-state index contributed by atoms with van der Waals surface area (Å²) in [5.74, 6) is 1.36. The van der Waals surface area contributed by atoms with Crippen LogP contribution in [0.1, 0.15) is 18.6 Å². The Morgan fingerprint density at radius 3 is 3.00 bits per heavy atom. The van der Waals surface area contributed by atoms with Crippen LogP contribution in [0.5, 0.6) is 0 Å². The van der Waals surface area contributed by atoms with Gasteiger partial charge in [0.05, 0.1) is 17.4 Å². The second-order valence-corrected chi connectivity index (χ2v) is 3.82. The number of para-hydroxylation sites is 2. The van der Waals surface area contributed by atoms with Crippen molar-refractivity contribution < 1.29 is 4.52 Å². The predicted octanol–water partition coefficient (Wildman–Crippen LogP) is 2.03. The molecule has 0 saturated carbocycles. The molecule has 0 N–H and O–H groups in total. The highest BCUT2D eigenvalue weighted by Gasteiger charge is 2.07. The van der Waals surface area contributed by atoms with Crippen LogP contribution in [-0.2, 0) is 13.0 Å². The van der Waals surface area contributed by atoms with Crippen LogP contribution < -0.4 is 0 Å². The van der Waals surface area contributed by atoms with Gasteiger partial charge in [0.1, 0.15) is 6.54 Å². The fraction of sp³-hybridized carbons (Fsp3) is 0.250. The van der Waals surface area contributed by atoms with Crippen molar-refractivity contribution in [2.75, 3.05) is 0 Å². The first-order chi connectivity index (χ1) is 8.36. The van der Waals surface area contributed by atoms with Crippen molar-refractivity contribution in [3.8, 4) is 0 Å². The van der Waals surface area contributed by atoms with Gasteiger partial charge in [-0.25, -0.2) is 4.98 Å². The van der Waals surface area contributed by atoms with Gasteiger partial charge in [0, 0.05) is 6.42 Å². The number of benzene rings is 1.